The predicted molar refractivity (Wildman–Crippen MR) is 106 cm³/mol. The minimum absolute atomic E-state index is 0.342. The molecule has 0 saturated heterocycles. The van der Waals surface area contributed by atoms with E-state index in [4.69, 9.17) is 4.74 Å². The Morgan fingerprint density at radius 1 is 0.929 bits per heavy atom. The zero-order chi connectivity index (χ0) is 19.3. The van der Waals surface area contributed by atoms with Crippen LogP contribution in [0.1, 0.15) is 11.4 Å². The van der Waals surface area contributed by atoms with Crippen LogP contribution < -0.4 is 4.74 Å². The van der Waals surface area contributed by atoms with E-state index in [2.05, 4.69) is 54.0 Å². The van der Waals surface area contributed by atoms with Crippen LogP contribution in [0.5, 0.6) is 6.01 Å². The molecule has 0 amide bonds. The Morgan fingerprint density at radius 2 is 1.71 bits per heavy atom. The highest BCUT2D eigenvalue weighted by atomic mass is 16.5. The molecule has 0 spiro atoms. The van der Waals surface area contributed by atoms with Crippen molar-refractivity contribution in [3.8, 4) is 28.7 Å². The fourth-order valence-corrected chi connectivity index (χ4v) is 3.03. The van der Waals surface area contributed by atoms with Gasteiger partial charge in [-0.15, -0.1) is 10.2 Å². The number of methoxy groups -OCH3 is 1. The molecule has 140 valence electrons. The van der Waals surface area contributed by atoms with Crippen molar-refractivity contribution < 1.29 is 4.74 Å². The number of aromatic nitrogens is 6. The molecule has 1 aromatic carbocycles. The van der Waals surface area contributed by atoms with E-state index >= 15 is 0 Å². The summed E-state index contributed by atoms with van der Waals surface area (Å²) >= 11 is 0. The third kappa shape index (κ3) is 3.73. The van der Waals surface area contributed by atoms with Gasteiger partial charge in [0.2, 0.25) is 0 Å². The summed E-state index contributed by atoms with van der Waals surface area (Å²) in [4.78, 5) is 12.9. The van der Waals surface area contributed by atoms with Crippen LogP contribution in [0.3, 0.4) is 0 Å². The van der Waals surface area contributed by atoms with Gasteiger partial charge in [0.15, 0.2) is 5.82 Å². The molecule has 0 aliphatic carbocycles. The van der Waals surface area contributed by atoms with E-state index in [1.807, 2.05) is 25.1 Å². The van der Waals surface area contributed by atoms with E-state index in [1.54, 1.807) is 25.7 Å². The maximum Gasteiger partial charge on any atom is 0.316 e. The molecule has 0 aliphatic rings. The number of aryl methyl sites for hydroxylation is 2. The third-order valence-electron chi connectivity index (χ3n) is 4.54. The van der Waals surface area contributed by atoms with Crippen LogP contribution in [-0.4, -0.2) is 36.8 Å². The highest BCUT2D eigenvalue weighted by Crippen LogP contribution is 2.24. The van der Waals surface area contributed by atoms with Gasteiger partial charge < -0.3 is 9.30 Å². The second-order valence-electron chi connectivity index (χ2n) is 6.35. The Balaban J connectivity index is 1.62. The lowest BCUT2D eigenvalue weighted by Crippen LogP contribution is -2.06. The molecule has 7 nitrogen and oxygen atoms in total. The molecule has 3 heterocycles. The molecule has 7 heteroatoms. The first-order chi connectivity index (χ1) is 13.7. The lowest BCUT2D eigenvalue weighted by Gasteiger charge is -2.09. The van der Waals surface area contributed by atoms with Crippen LogP contribution in [0.4, 0.5) is 0 Å². The summed E-state index contributed by atoms with van der Waals surface area (Å²) in [6, 6.07) is 14.6. The molecule has 0 fully saturated rings. The van der Waals surface area contributed by atoms with Gasteiger partial charge in [-0.2, -0.15) is 0 Å². The lowest BCUT2D eigenvalue weighted by atomic mass is 10.1. The van der Waals surface area contributed by atoms with Gasteiger partial charge in [0.25, 0.3) is 0 Å². The first-order valence-corrected chi connectivity index (χ1v) is 9.01. The topological polar surface area (TPSA) is 78.6 Å². The minimum Gasteiger partial charge on any atom is -0.467 e. The molecule has 3 aromatic heterocycles. The van der Waals surface area contributed by atoms with Gasteiger partial charge in [0.1, 0.15) is 11.5 Å². The van der Waals surface area contributed by atoms with Crippen LogP contribution in [0.25, 0.3) is 22.6 Å². The van der Waals surface area contributed by atoms with Gasteiger partial charge in [-0.25, -0.2) is 9.97 Å². The van der Waals surface area contributed by atoms with Crippen molar-refractivity contribution in [1.29, 1.82) is 0 Å². The van der Waals surface area contributed by atoms with Crippen molar-refractivity contribution in [1.82, 2.24) is 29.7 Å². The highest BCUT2D eigenvalue weighted by Gasteiger charge is 2.13. The van der Waals surface area contributed by atoms with Crippen molar-refractivity contribution >= 4 is 0 Å². The third-order valence-corrected chi connectivity index (χ3v) is 4.54. The summed E-state index contributed by atoms with van der Waals surface area (Å²) in [6.45, 7) is 2.75. The number of ether oxygens (including phenoxy) is 1. The number of hydrogen-bond donors (Lipinski definition) is 0. The van der Waals surface area contributed by atoms with Gasteiger partial charge >= 0.3 is 6.01 Å². The summed E-state index contributed by atoms with van der Waals surface area (Å²) in [7, 11) is 1.55. The Kier molecular flexibility index (Phi) is 5.05. The number of nitrogens with zero attached hydrogens (tertiary/aromatic N) is 6. The van der Waals surface area contributed by atoms with Crippen molar-refractivity contribution in [2.75, 3.05) is 7.11 Å². The molecule has 0 aliphatic heterocycles. The molecule has 0 unspecified atom stereocenters. The van der Waals surface area contributed by atoms with E-state index in [-0.39, 0.29) is 0 Å². The second-order valence-corrected chi connectivity index (χ2v) is 6.35. The van der Waals surface area contributed by atoms with Gasteiger partial charge in [-0.1, -0.05) is 30.3 Å². The van der Waals surface area contributed by atoms with E-state index in [1.165, 1.54) is 5.56 Å². The zero-order valence-corrected chi connectivity index (χ0v) is 15.8. The number of hydrogen-bond acceptors (Lipinski definition) is 6. The van der Waals surface area contributed by atoms with Crippen LogP contribution >= 0.6 is 0 Å². The van der Waals surface area contributed by atoms with Crippen LogP contribution in [0.15, 0.2) is 61.1 Å². The first-order valence-electron chi connectivity index (χ1n) is 9.01. The van der Waals surface area contributed by atoms with Gasteiger partial charge in [0.05, 0.1) is 7.11 Å². The second kappa shape index (κ2) is 7.96. The summed E-state index contributed by atoms with van der Waals surface area (Å²) in [5.74, 6) is 1.62. The maximum atomic E-state index is 5.02. The fraction of sp³-hybridized carbons (Fsp3) is 0.190. The van der Waals surface area contributed by atoms with Crippen LogP contribution in [0.2, 0.25) is 0 Å². The molecule has 4 rings (SSSR count). The summed E-state index contributed by atoms with van der Waals surface area (Å²) < 4.78 is 7.12. The molecule has 0 bridgehead atoms. The monoisotopic (exact) mass is 372 g/mol. The summed E-state index contributed by atoms with van der Waals surface area (Å²) in [5, 5.41) is 8.62. The van der Waals surface area contributed by atoms with Gasteiger partial charge in [-0.05, 0) is 36.6 Å². The largest absolute Gasteiger partial charge is 0.467 e. The van der Waals surface area contributed by atoms with Gasteiger partial charge in [0, 0.05) is 30.7 Å². The first kappa shape index (κ1) is 17.8. The summed E-state index contributed by atoms with van der Waals surface area (Å²) in [5.41, 5.74) is 3.89. The minimum atomic E-state index is 0.342. The Hall–Kier alpha value is -3.61. The van der Waals surface area contributed by atoms with E-state index in [0.29, 0.717) is 6.01 Å². The molecule has 0 atom stereocenters. The number of benzene rings is 1. The average molecular weight is 372 g/mol. The Morgan fingerprint density at radius 3 is 2.46 bits per heavy atom. The fourth-order valence-electron chi connectivity index (χ4n) is 3.03. The quantitative estimate of drug-likeness (QED) is 0.516. The van der Waals surface area contributed by atoms with Crippen molar-refractivity contribution in [3.05, 3.63) is 72.4 Å². The zero-order valence-electron chi connectivity index (χ0n) is 15.8. The molecule has 0 N–H and O–H groups in total. The lowest BCUT2D eigenvalue weighted by molar-refractivity contribution is 0.380. The summed E-state index contributed by atoms with van der Waals surface area (Å²) in [6.07, 6.45) is 6.13. The molecular formula is C21H20N6O. The molecule has 4 aromatic rings. The Labute approximate surface area is 163 Å². The van der Waals surface area contributed by atoms with Crippen molar-refractivity contribution in [2.45, 2.75) is 19.9 Å². The van der Waals surface area contributed by atoms with Gasteiger partial charge in [-0.3, -0.25) is 4.98 Å². The number of pyridine rings is 1. The molecule has 0 radical (unpaired) electrons. The van der Waals surface area contributed by atoms with Crippen molar-refractivity contribution in [2.24, 2.45) is 0 Å². The SMILES string of the molecule is COc1ncc(-c2ccnc(-c3nnc(C)n3CCc3ccccc3)c2)cn1. The van der Waals surface area contributed by atoms with Crippen molar-refractivity contribution in [3.63, 3.8) is 0 Å². The molecule has 28 heavy (non-hydrogen) atoms. The van der Waals surface area contributed by atoms with Crippen LogP contribution in [0, 0.1) is 6.92 Å². The Bertz CT molecular complexity index is 1060. The van der Waals surface area contributed by atoms with E-state index in [0.717, 1.165) is 41.4 Å². The van der Waals surface area contributed by atoms with E-state index in [9.17, 15) is 0 Å². The van der Waals surface area contributed by atoms with E-state index < -0.39 is 0 Å². The standard InChI is InChI=1S/C21H20N6O/c1-15-25-26-20(27(15)11-9-16-6-4-3-5-7-16)19-12-17(8-10-22-19)18-13-23-21(28-2)24-14-18/h3-8,10,12-14H,9,11H2,1-2H3. The normalized spacial score (nSPS) is 10.8. The van der Waals surface area contributed by atoms with Crippen LogP contribution in [-0.2, 0) is 13.0 Å². The smallest absolute Gasteiger partial charge is 0.316 e. The predicted octanol–water partition coefficient (Wildman–Crippen LogP) is 3.36. The molecular weight excluding hydrogens is 352 g/mol. The molecule has 0 saturated carbocycles. The average Bonchev–Trinajstić information content (AvgIpc) is 3.13. The maximum absolute atomic E-state index is 5.02. The number of rotatable bonds is 6. The highest BCUT2D eigenvalue weighted by molar-refractivity contribution is 5.66.